The third-order valence-electron chi connectivity index (χ3n) is 16.4. The molecule has 6 nitrogen and oxygen atoms in total. The van der Waals surface area contributed by atoms with Crippen molar-refractivity contribution in [1.82, 2.24) is 0 Å². The fourth-order valence-corrected chi connectivity index (χ4v) is 14.1. The van der Waals surface area contributed by atoms with Gasteiger partial charge in [0.25, 0.3) is 20.1 Å². The third kappa shape index (κ3) is 6.49. The number of anilines is 9. The van der Waals surface area contributed by atoms with Crippen molar-refractivity contribution in [3.05, 3.63) is 156 Å². The van der Waals surface area contributed by atoms with Crippen LogP contribution in [0.4, 0.5) is 51.2 Å². The standard InChI is InChI=1S/C62H57B3N4O2S2/c1-60(2,3)35-25-46-57-50(26-35)67(38-19-13-12-14-20-38)47-23-17-15-21-39(47)63(57)41-31-42-48(33-45(41)66-46)68(72-10)52-28-37(62(7,8)9)30-56-59(52)65(42)44-32-43-49(34-54(44)71-56)69(73-11)51-27-36(61(4,5)6)29-55-58(51)64(43)40-22-16-18-24-53(40)70-55/h12-34,66H,1-11H3. The van der Waals surface area contributed by atoms with Crippen LogP contribution < -0.4 is 77.5 Å². The van der Waals surface area contributed by atoms with Gasteiger partial charge < -0.3 is 19.7 Å². The Bertz CT molecular complexity index is 3710. The SMILES string of the molecule is CSN1c2cc3c(cc2B2c4cc5c(cc4Oc4cc(C(C)(C)C)cc1c42)N(SC)c1cc(C(C)(C)C)cc2c1B5c1ccccc1O2)B1c2ccccc2N(c2ccccc2)c2cc(C(C)(C)C)cc(c21)N3. The molecule has 358 valence electrons. The van der Waals surface area contributed by atoms with E-state index in [1.807, 2.05) is 0 Å². The zero-order valence-corrected chi connectivity index (χ0v) is 45.1. The van der Waals surface area contributed by atoms with Gasteiger partial charge in [-0.2, -0.15) is 0 Å². The summed E-state index contributed by atoms with van der Waals surface area (Å²) >= 11 is 3.52. The van der Waals surface area contributed by atoms with E-state index in [-0.39, 0.29) is 36.4 Å². The fraction of sp³-hybridized carbons (Fsp3) is 0.226. The van der Waals surface area contributed by atoms with Crippen LogP contribution in [0.2, 0.25) is 0 Å². The van der Waals surface area contributed by atoms with E-state index in [9.17, 15) is 0 Å². The van der Waals surface area contributed by atoms with Crippen LogP contribution in [0.15, 0.2) is 140 Å². The predicted octanol–water partition coefficient (Wildman–Crippen LogP) is 10.6. The zero-order chi connectivity index (χ0) is 50.2. The molecule has 0 saturated carbocycles. The van der Waals surface area contributed by atoms with Crippen LogP contribution in [-0.2, 0) is 16.2 Å². The molecule has 0 fully saturated rings. The van der Waals surface area contributed by atoms with E-state index in [0.717, 1.165) is 40.1 Å². The second-order valence-electron chi connectivity index (χ2n) is 23.8. The van der Waals surface area contributed by atoms with Crippen LogP contribution >= 0.6 is 23.9 Å². The quantitative estimate of drug-likeness (QED) is 0.139. The number of rotatable bonds is 3. The van der Waals surface area contributed by atoms with Crippen molar-refractivity contribution in [3.8, 4) is 23.0 Å². The lowest BCUT2D eigenvalue weighted by Gasteiger charge is -2.44. The molecule has 6 aliphatic rings. The number of hydrogen-bond acceptors (Lipinski definition) is 8. The molecular formula is C62H57B3N4O2S2. The van der Waals surface area contributed by atoms with Gasteiger partial charge in [-0.25, -0.2) is 0 Å². The maximum atomic E-state index is 7.42. The Balaban J connectivity index is 1.03. The molecule has 0 aromatic heterocycles. The van der Waals surface area contributed by atoms with E-state index < -0.39 is 0 Å². The number of para-hydroxylation sites is 3. The molecule has 6 heterocycles. The van der Waals surface area contributed by atoms with E-state index in [1.54, 1.807) is 23.9 Å². The van der Waals surface area contributed by atoms with Crippen LogP contribution in [0.5, 0.6) is 23.0 Å². The van der Waals surface area contributed by atoms with E-state index in [2.05, 4.69) is 233 Å². The molecule has 6 aliphatic heterocycles. The summed E-state index contributed by atoms with van der Waals surface area (Å²) in [4.78, 5) is 2.49. The van der Waals surface area contributed by atoms with Crippen molar-refractivity contribution in [2.75, 3.05) is 31.3 Å². The van der Waals surface area contributed by atoms with Gasteiger partial charge in [0.2, 0.25) is 0 Å². The van der Waals surface area contributed by atoms with Crippen molar-refractivity contribution in [2.45, 2.75) is 78.6 Å². The Hall–Kier alpha value is -6.55. The highest BCUT2D eigenvalue weighted by Crippen LogP contribution is 2.48. The highest BCUT2D eigenvalue weighted by atomic mass is 32.2. The largest absolute Gasteiger partial charge is 0.458 e. The lowest BCUT2D eigenvalue weighted by molar-refractivity contribution is 0.483. The van der Waals surface area contributed by atoms with E-state index in [1.165, 1.54) is 100.0 Å². The summed E-state index contributed by atoms with van der Waals surface area (Å²) in [6.07, 6.45) is 4.41. The van der Waals surface area contributed by atoms with Crippen molar-refractivity contribution in [3.63, 3.8) is 0 Å². The van der Waals surface area contributed by atoms with Gasteiger partial charge in [-0.1, -0.05) is 129 Å². The molecule has 1 N–H and O–H groups in total. The Kier molecular flexibility index (Phi) is 9.58. The number of benzene rings is 8. The van der Waals surface area contributed by atoms with Crippen LogP contribution in [-0.4, -0.2) is 32.6 Å². The smallest absolute Gasteiger partial charge is 0.256 e. The summed E-state index contributed by atoms with van der Waals surface area (Å²) in [5.74, 6) is 3.71. The van der Waals surface area contributed by atoms with Crippen molar-refractivity contribution in [2.24, 2.45) is 0 Å². The molecule has 0 bridgehead atoms. The summed E-state index contributed by atoms with van der Waals surface area (Å²) in [6.45, 7) is 20.6. The highest BCUT2D eigenvalue weighted by Gasteiger charge is 2.49. The van der Waals surface area contributed by atoms with Gasteiger partial charge in [0.05, 0.1) is 17.1 Å². The van der Waals surface area contributed by atoms with Gasteiger partial charge >= 0.3 is 0 Å². The third-order valence-corrected chi connectivity index (χ3v) is 17.9. The Morgan fingerprint density at radius 2 is 0.890 bits per heavy atom. The molecule has 0 unspecified atom stereocenters. The van der Waals surface area contributed by atoms with Crippen LogP contribution in [0.3, 0.4) is 0 Å². The predicted molar refractivity (Wildman–Crippen MR) is 318 cm³/mol. The topological polar surface area (TPSA) is 40.2 Å². The first-order chi connectivity index (χ1) is 35.0. The minimum atomic E-state index is -0.116. The van der Waals surface area contributed by atoms with Crippen LogP contribution in [0.25, 0.3) is 0 Å². The maximum absolute atomic E-state index is 7.42. The van der Waals surface area contributed by atoms with Gasteiger partial charge in [0.1, 0.15) is 23.0 Å². The lowest BCUT2D eigenvalue weighted by atomic mass is 9.29. The number of ether oxygens (including phenoxy) is 2. The number of hydrogen-bond donors (Lipinski definition) is 1. The van der Waals surface area contributed by atoms with E-state index >= 15 is 0 Å². The van der Waals surface area contributed by atoms with Crippen molar-refractivity contribution >= 4 is 144 Å². The number of nitrogens with zero attached hydrogens (tertiary/aromatic N) is 3. The molecule has 8 aromatic rings. The minimum Gasteiger partial charge on any atom is -0.458 e. The Morgan fingerprint density at radius 3 is 1.52 bits per heavy atom. The van der Waals surface area contributed by atoms with Crippen molar-refractivity contribution < 1.29 is 9.47 Å². The van der Waals surface area contributed by atoms with Crippen LogP contribution in [0.1, 0.15) is 79.0 Å². The second-order valence-corrected chi connectivity index (χ2v) is 25.3. The molecule has 8 aromatic carbocycles. The molecule has 14 rings (SSSR count). The van der Waals surface area contributed by atoms with Gasteiger partial charge in [0, 0.05) is 52.7 Å². The average Bonchev–Trinajstić information content (AvgIpc) is 3.36. The first kappa shape index (κ1) is 45.1. The average molecular weight is 987 g/mol. The molecule has 0 spiro atoms. The summed E-state index contributed by atoms with van der Waals surface area (Å²) in [6, 6.07) is 53.0. The zero-order valence-electron chi connectivity index (χ0n) is 43.5. The van der Waals surface area contributed by atoms with Gasteiger partial charge in [0.15, 0.2) is 0 Å². The van der Waals surface area contributed by atoms with Gasteiger partial charge in [-0.3, -0.25) is 8.61 Å². The van der Waals surface area contributed by atoms with Crippen molar-refractivity contribution in [1.29, 1.82) is 0 Å². The molecule has 0 radical (unpaired) electrons. The molecule has 11 heteroatoms. The van der Waals surface area contributed by atoms with Gasteiger partial charge in [-0.15, -0.1) is 0 Å². The molecule has 73 heavy (non-hydrogen) atoms. The Labute approximate surface area is 440 Å². The van der Waals surface area contributed by atoms with E-state index in [4.69, 9.17) is 9.47 Å². The normalized spacial score (nSPS) is 15.1. The number of fused-ring (bicyclic) bond motifs is 12. The molecular weight excluding hydrogens is 929 g/mol. The van der Waals surface area contributed by atoms with Gasteiger partial charge in [-0.05, 0) is 173 Å². The fourth-order valence-electron chi connectivity index (χ4n) is 12.7. The highest BCUT2D eigenvalue weighted by molar-refractivity contribution is 8.00. The second kappa shape index (κ2) is 15.5. The molecule has 0 amide bonds. The Morgan fingerprint density at radius 1 is 0.384 bits per heavy atom. The molecule has 0 atom stereocenters. The summed E-state index contributed by atoms with van der Waals surface area (Å²) < 4.78 is 19.2. The summed E-state index contributed by atoms with van der Waals surface area (Å²) in [5.41, 5.74) is 25.5. The monoisotopic (exact) mass is 986 g/mol. The molecule has 0 saturated heterocycles. The lowest BCUT2D eigenvalue weighted by Crippen LogP contribution is -2.65. The summed E-state index contributed by atoms with van der Waals surface area (Å²) in [5, 5.41) is 4.13. The molecule has 0 aliphatic carbocycles. The minimum absolute atomic E-state index is 0.00627. The first-order valence-corrected chi connectivity index (χ1v) is 28.1. The summed E-state index contributed by atoms with van der Waals surface area (Å²) in [7, 11) is 0. The maximum Gasteiger partial charge on any atom is 0.256 e. The first-order valence-electron chi connectivity index (χ1n) is 25.8. The number of nitrogens with one attached hydrogen (secondary N) is 1. The van der Waals surface area contributed by atoms with Crippen LogP contribution in [0, 0.1) is 0 Å². The van der Waals surface area contributed by atoms with E-state index in [0.29, 0.717) is 0 Å².